The van der Waals surface area contributed by atoms with Gasteiger partial charge in [0.15, 0.2) is 0 Å². The van der Waals surface area contributed by atoms with Crippen molar-refractivity contribution in [3.63, 3.8) is 0 Å². The van der Waals surface area contributed by atoms with Gasteiger partial charge in [0.05, 0.1) is 10.6 Å². The van der Waals surface area contributed by atoms with Gasteiger partial charge < -0.3 is 5.32 Å². The molecule has 1 aliphatic heterocycles. The summed E-state index contributed by atoms with van der Waals surface area (Å²) in [6.45, 7) is 4.78. The summed E-state index contributed by atoms with van der Waals surface area (Å²) in [5.74, 6) is -0.200. The molecule has 4 rings (SSSR count). The van der Waals surface area contributed by atoms with Gasteiger partial charge in [-0.25, -0.2) is 14.8 Å². The van der Waals surface area contributed by atoms with Crippen LogP contribution < -0.4 is 5.32 Å². The molecule has 1 aromatic carbocycles. The molecule has 0 spiro atoms. The lowest BCUT2D eigenvalue weighted by Gasteiger charge is -2.17. The molecule has 2 aromatic heterocycles. The Balaban J connectivity index is 1.67. The molecule has 0 saturated carbocycles. The lowest BCUT2D eigenvalue weighted by atomic mass is 10.1. The second-order valence-corrected chi connectivity index (χ2v) is 8.54. The Labute approximate surface area is 165 Å². The van der Waals surface area contributed by atoms with Gasteiger partial charge in [-0.05, 0) is 19.4 Å². The fraction of sp³-hybridized carbons (Fsp3) is 0.263. The van der Waals surface area contributed by atoms with Gasteiger partial charge >= 0.3 is 6.03 Å². The standard InChI is InChI=1S/C19H18N4O2S2/c1-11-3-5-13(6-4-11)14-9-26-16-15(14)17(22-10-21-16)27-12(2)18(24)23-8-7-20-19(23)25/h3-6,9-10,12H,7-8H2,1-2H3,(H,20,25)/t12-/m0/s1. The van der Waals surface area contributed by atoms with Crippen molar-refractivity contribution >= 4 is 45.3 Å². The largest absolute Gasteiger partial charge is 0.336 e. The number of nitrogens with zero attached hydrogens (tertiary/aromatic N) is 3. The van der Waals surface area contributed by atoms with Crippen LogP contribution in [0.25, 0.3) is 21.3 Å². The van der Waals surface area contributed by atoms with Crippen molar-refractivity contribution in [1.29, 1.82) is 0 Å². The first-order chi connectivity index (χ1) is 13.0. The molecular weight excluding hydrogens is 380 g/mol. The van der Waals surface area contributed by atoms with Gasteiger partial charge in [0.1, 0.15) is 16.2 Å². The predicted molar refractivity (Wildman–Crippen MR) is 108 cm³/mol. The summed E-state index contributed by atoms with van der Waals surface area (Å²) in [6.07, 6.45) is 1.53. The summed E-state index contributed by atoms with van der Waals surface area (Å²) in [6, 6.07) is 8.00. The molecule has 0 unspecified atom stereocenters. The van der Waals surface area contributed by atoms with E-state index in [1.165, 1.54) is 28.6 Å². The fourth-order valence-electron chi connectivity index (χ4n) is 3.00. The van der Waals surface area contributed by atoms with Gasteiger partial charge in [-0.2, -0.15) is 0 Å². The number of aryl methyl sites for hydroxylation is 1. The third-order valence-electron chi connectivity index (χ3n) is 4.46. The SMILES string of the molecule is Cc1ccc(-c2csc3ncnc(S[C@@H](C)C(=O)N4CCNC4=O)c23)cc1. The maximum atomic E-state index is 12.6. The third kappa shape index (κ3) is 3.42. The molecule has 1 fully saturated rings. The predicted octanol–water partition coefficient (Wildman–Crippen LogP) is 3.70. The molecule has 3 aromatic rings. The van der Waals surface area contributed by atoms with Crippen LogP contribution in [0.5, 0.6) is 0 Å². The number of carbonyl (C=O) groups excluding carboxylic acids is 2. The monoisotopic (exact) mass is 398 g/mol. The molecule has 1 saturated heterocycles. The van der Waals surface area contributed by atoms with E-state index >= 15 is 0 Å². The maximum Gasteiger partial charge on any atom is 0.324 e. The van der Waals surface area contributed by atoms with Crippen LogP contribution in [-0.4, -0.2) is 45.1 Å². The zero-order valence-electron chi connectivity index (χ0n) is 14.9. The van der Waals surface area contributed by atoms with E-state index in [1.807, 2.05) is 6.92 Å². The van der Waals surface area contributed by atoms with Gasteiger partial charge in [-0.1, -0.05) is 41.6 Å². The number of imide groups is 1. The van der Waals surface area contributed by atoms with E-state index in [2.05, 4.69) is 51.9 Å². The summed E-state index contributed by atoms with van der Waals surface area (Å²) in [7, 11) is 0. The van der Waals surface area contributed by atoms with Crippen LogP contribution in [0.2, 0.25) is 0 Å². The number of hydrogen-bond acceptors (Lipinski definition) is 6. The highest BCUT2D eigenvalue weighted by atomic mass is 32.2. The van der Waals surface area contributed by atoms with Gasteiger partial charge in [0.25, 0.3) is 0 Å². The van der Waals surface area contributed by atoms with E-state index in [9.17, 15) is 9.59 Å². The van der Waals surface area contributed by atoms with Crippen molar-refractivity contribution in [3.8, 4) is 11.1 Å². The van der Waals surface area contributed by atoms with Crippen LogP contribution in [0, 0.1) is 6.92 Å². The topological polar surface area (TPSA) is 75.2 Å². The Kier molecular flexibility index (Phi) is 4.84. The van der Waals surface area contributed by atoms with Crippen molar-refractivity contribution in [2.24, 2.45) is 0 Å². The maximum absolute atomic E-state index is 12.6. The molecule has 1 atom stereocenters. The first kappa shape index (κ1) is 17.9. The number of fused-ring (bicyclic) bond motifs is 1. The quantitative estimate of drug-likeness (QED) is 0.536. The van der Waals surface area contributed by atoms with Crippen LogP contribution >= 0.6 is 23.1 Å². The van der Waals surface area contributed by atoms with Crippen LogP contribution in [-0.2, 0) is 4.79 Å². The summed E-state index contributed by atoms with van der Waals surface area (Å²) in [4.78, 5) is 35.4. The smallest absolute Gasteiger partial charge is 0.324 e. The number of amides is 3. The van der Waals surface area contributed by atoms with Crippen molar-refractivity contribution in [2.75, 3.05) is 13.1 Å². The van der Waals surface area contributed by atoms with Crippen molar-refractivity contribution in [3.05, 3.63) is 41.5 Å². The fourth-order valence-corrected chi connectivity index (χ4v) is 4.98. The first-order valence-electron chi connectivity index (χ1n) is 8.59. The second-order valence-electron chi connectivity index (χ2n) is 6.36. The normalized spacial score (nSPS) is 15.2. The molecule has 6 nitrogen and oxygen atoms in total. The van der Waals surface area contributed by atoms with Gasteiger partial charge in [-0.3, -0.25) is 9.69 Å². The molecule has 8 heteroatoms. The van der Waals surface area contributed by atoms with E-state index in [4.69, 9.17) is 0 Å². The summed E-state index contributed by atoms with van der Waals surface area (Å²) >= 11 is 2.94. The van der Waals surface area contributed by atoms with E-state index in [-0.39, 0.29) is 11.9 Å². The van der Waals surface area contributed by atoms with Gasteiger partial charge in [0, 0.05) is 24.0 Å². The van der Waals surface area contributed by atoms with Crippen molar-refractivity contribution in [2.45, 2.75) is 24.1 Å². The number of urea groups is 1. The molecule has 0 aliphatic carbocycles. The third-order valence-corrected chi connectivity index (χ3v) is 6.43. The molecule has 0 bridgehead atoms. The lowest BCUT2D eigenvalue weighted by molar-refractivity contribution is -0.126. The van der Waals surface area contributed by atoms with E-state index in [1.54, 1.807) is 11.3 Å². The number of hydrogen-bond donors (Lipinski definition) is 1. The van der Waals surface area contributed by atoms with E-state index < -0.39 is 5.25 Å². The molecule has 1 aliphatic rings. The average molecular weight is 399 g/mol. The number of rotatable bonds is 4. The highest BCUT2D eigenvalue weighted by molar-refractivity contribution is 8.00. The van der Waals surface area contributed by atoms with Gasteiger partial charge in [-0.15, -0.1) is 11.3 Å². The summed E-state index contributed by atoms with van der Waals surface area (Å²) in [5, 5.41) is 6.04. The van der Waals surface area contributed by atoms with Crippen molar-refractivity contribution in [1.82, 2.24) is 20.2 Å². The van der Waals surface area contributed by atoms with Crippen LogP contribution in [0.15, 0.2) is 41.0 Å². The number of carbonyl (C=O) groups is 2. The lowest BCUT2D eigenvalue weighted by Crippen LogP contribution is -2.38. The summed E-state index contributed by atoms with van der Waals surface area (Å²) in [5.41, 5.74) is 3.37. The van der Waals surface area contributed by atoms with E-state index in [0.717, 1.165) is 26.4 Å². The number of aromatic nitrogens is 2. The molecule has 27 heavy (non-hydrogen) atoms. The first-order valence-corrected chi connectivity index (χ1v) is 10.4. The Morgan fingerprint density at radius 1 is 1.30 bits per heavy atom. The molecule has 138 valence electrons. The Morgan fingerprint density at radius 3 is 2.78 bits per heavy atom. The number of thioether (sulfide) groups is 1. The molecule has 3 amide bonds. The van der Waals surface area contributed by atoms with Crippen LogP contribution in [0.1, 0.15) is 12.5 Å². The minimum absolute atomic E-state index is 0.200. The zero-order chi connectivity index (χ0) is 19.0. The average Bonchev–Trinajstić information content (AvgIpc) is 3.28. The number of nitrogens with one attached hydrogen (secondary N) is 1. The van der Waals surface area contributed by atoms with Crippen LogP contribution in [0.3, 0.4) is 0 Å². The Morgan fingerprint density at radius 2 is 2.07 bits per heavy atom. The number of thiophene rings is 1. The number of benzene rings is 1. The Bertz CT molecular complexity index is 1020. The second kappa shape index (κ2) is 7.28. The van der Waals surface area contributed by atoms with Crippen LogP contribution in [0.4, 0.5) is 4.79 Å². The molecule has 1 N–H and O–H groups in total. The highest BCUT2D eigenvalue weighted by Crippen LogP contribution is 2.39. The highest BCUT2D eigenvalue weighted by Gasteiger charge is 2.31. The molecule has 0 radical (unpaired) electrons. The van der Waals surface area contributed by atoms with Crippen molar-refractivity contribution < 1.29 is 9.59 Å². The molecule has 3 heterocycles. The molecular formula is C19H18N4O2S2. The minimum atomic E-state index is -0.419. The summed E-state index contributed by atoms with van der Waals surface area (Å²) < 4.78 is 0. The zero-order valence-corrected chi connectivity index (χ0v) is 16.6. The van der Waals surface area contributed by atoms with Gasteiger partial charge in [0.2, 0.25) is 5.91 Å². The van der Waals surface area contributed by atoms with E-state index in [0.29, 0.717) is 13.1 Å². The Hall–Kier alpha value is -2.45. The minimum Gasteiger partial charge on any atom is -0.336 e.